The van der Waals surface area contributed by atoms with Crippen LogP contribution in [-0.2, 0) is 22.0 Å². The zero-order valence-corrected chi connectivity index (χ0v) is 18.3. The third-order valence-corrected chi connectivity index (χ3v) is 5.67. The maximum atomic E-state index is 15.0. The van der Waals surface area contributed by atoms with Gasteiger partial charge in [-0.3, -0.25) is 0 Å². The summed E-state index contributed by atoms with van der Waals surface area (Å²) in [5.41, 5.74) is -9.17. The molecule has 3 aromatic rings. The Morgan fingerprint density at radius 2 is 1.11 bits per heavy atom. The van der Waals surface area contributed by atoms with Crippen LogP contribution in [-0.4, -0.2) is 19.8 Å². The van der Waals surface area contributed by atoms with Crippen molar-refractivity contribution in [2.45, 2.75) is 23.3 Å². The van der Waals surface area contributed by atoms with Gasteiger partial charge in [-0.05, 0) is 48.5 Å². The van der Waals surface area contributed by atoms with E-state index in [1.165, 1.54) is 24.3 Å². The SMILES string of the molecule is O=S(=O)(Oc1ccc(C(F)(F)C(F)(F)C(F)(F)c2ccccc2Oc2ccccc2)cc1)C(F)(F)F. The largest absolute Gasteiger partial charge is 0.534 e. The molecule has 3 aromatic carbocycles. The molecule has 3 rings (SSSR count). The van der Waals surface area contributed by atoms with E-state index in [9.17, 15) is 47.9 Å². The first kappa shape index (κ1) is 27.2. The summed E-state index contributed by atoms with van der Waals surface area (Å²) in [5.74, 6) is -19.2. The van der Waals surface area contributed by atoms with Gasteiger partial charge >= 0.3 is 33.4 Å². The third-order valence-electron chi connectivity index (χ3n) is 4.69. The number of para-hydroxylation sites is 2. The Morgan fingerprint density at radius 3 is 1.67 bits per heavy atom. The Morgan fingerprint density at radius 1 is 0.583 bits per heavy atom. The van der Waals surface area contributed by atoms with Crippen molar-refractivity contribution in [3.05, 3.63) is 90.0 Å². The molecule has 36 heavy (non-hydrogen) atoms. The van der Waals surface area contributed by atoms with Crippen LogP contribution in [0.1, 0.15) is 11.1 Å². The van der Waals surface area contributed by atoms with Gasteiger partial charge in [-0.15, -0.1) is 0 Å². The summed E-state index contributed by atoms with van der Waals surface area (Å²) in [7, 11) is -6.19. The fourth-order valence-electron chi connectivity index (χ4n) is 2.87. The van der Waals surface area contributed by atoms with Crippen molar-refractivity contribution < 1.29 is 56.9 Å². The van der Waals surface area contributed by atoms with Gasteiger partial charge in [0.05, 0.1) is 5.56 Å². The molecule has 0 saturated heterocycles. The second-order valence-corrected chi connectivity index (χ2v) is 8.68. The standard InChI is InChI=1S/C22H13F9O4S/c23-19(24,14-10-12-16(13-11-14)35-36(32,33)22(29,30)31)21(27,28)20(25,26)17-8-4-5-9-18(17)34-15-6-2-1-3-7-15/h1-13H. The molecule has 0 spiro atoms. The highest BCUT2D eigenvalue weighted by molar-refractivity contribution is 7.88. The maximum absolute atomic E-state index is 15.0. The molecular weight excluding hydrogens is 531 g/mol. The molecule has 0 aliphatic carbocycles. The molecule has 4 nitrogen and oxygen atoms in total. The molecular formula is C22H13F9O4S. The first-order valence-corrected chi connectivity index (χ1v) is 11.0. The van der Waals surface area contributed by atoms with Crippen LogP contribution in [0.15, 0.2) is 78.9 Å². The van der Waals surface area contributed by atoms with Gasteiger partial charge in [0.1, 0.15) is 17.2 Å². The predicted molar refractivity (Wildman–Crippen MR) is 108 cm³/mol. The van der Waals surface area contributed by atoms with Crippen LogP contribution in [0, 0.1) is 0 Å². The molecule has 0 atom stereocenters. The van der Waals surface area contributed by atoms with Crippen LogP contribution in [0.3, 0.4) is 0 Å². The summed E-state index contributed by atoms with van der Waals surface area (Å²) in [6.45, 7) is 0. The summed E-state index contributed by atoms with van der Waals surface area (Å²) in [6.07, 6.45) is 0. The van der Waals surface area contributed by atoms with E-state index in [1.54, 1.807) is 6.07 Å². The van der Waals surface area contributed by atoms with E-state index in [-0.39, 0.29) is 30.0 Å². The molecule has 0 unspecified atom stereocenters. The van der Waals surface area contributed by atoms with Crippen LogP contribution >= 0.6 is 0 Å². The van der Waals surface area contributed by atoms with Gasteiger partial charge in [-0.25, -0.2) is 0 Å². The number of benzene rings is 3. The van der Waals surface area contributed by atoms with Gasteiger partial charge in [0, 0.05) is 5.56 Å². The molecule has 0 aliphatic heterocycles. The van der Waals surface area contributed by atoms with Gasteiger partial charge in [-0.2, -0.15) is 47.9 Å². The lowest BCUT2D eigenvalue weighted by atomic mass is 9.92. The number of hydrogen-bond donors (Lipinski definition) is 0. The van der Waals surface area contributed by atoms with Crippen molar-refractivity contribution in [2.75, 3.05) is 0 Å². The predicted octanol–water partition coefficient (Wildman–Crippen LogP) is 7.23. The van der Waals surface area contributed by atoms with Gasteiger partial charge < -0.3 is 8.92 Å². The van der Waals surface area contributed by atoms with Crippen molar-refractivity contribution in [3.8, 4) is 17.2 Å². The van der Waals surface area contributed by atoms with Gasteiger partial charge in [0.15, 0.2) is 0 Å². The number of rotatable bonds is 8. The second-order valence-electron chi connectivity index (χ2n) is 7.14. The fraction of sp³-hybridized carbons (Fsp3) is 0.182. The summed E-state index contributed by atoms with van der Waals surface area (Å²) in [6, 6.07) is 10.9. The lowest BCUT2D eigenvalue weighted by molar-refractivity contribution is -0.321. The molecule has 14 heteroatoms. The van der Waals surface area contributed by atoms with Crippen LogP contribution in [0.4, 0.5) is 39.5 Å². The van der Waals surface area contributed by atoms with E-state index in [4.69, 9.17) is 4.74 Å². The molecule has 0 heterocycles. The van der Waals surface area contributed by atoms with E-state index in [1.807, 2.05) is 0 Å². The molecule has 0 aliphatic rings. The van der Waals surface area contributed by atoms with Crippen molar-refractivity contribution >= 4 is 10.1 Å². The minimum atomic E-state index is -6.19. The fourth-order valence-corrected chi connectivity index (χ4v) is 3.33. The highest BCUT2D eigenvalue weighted by Gasteiger charge is 2.73. The summed E-state index contributed by atoms with van der Waals surface area (Å²) < 4.78 is 157. The molecule has 0 aromatic heterocycles. The molecule has 0 radical (unpaired) electrons. The van der Waals surface area contributed by atoms with E-state index in [2.05, 4.69) is 4.18 Å². The van der Waals surface area contributed by atoms with Gasteiger partial charge in [-0.1, -0.05) is 30.3 Å². The Hall–Kier alpha value is -3.42. The number of alkyl halides is 9. The molecule has 0 N–H and O–H groups in total. The van der Waals surface area contributed by atoms with E-state index >= 15 is 0 Å². The summed E-state index contributed by atoms with van der Waals surface area (Å²) >= 11 is 0. The van der Waals surface area contributed by atoms with E-state index in [0.29, 0.717) is 6.07 Å². The molecule has 0 fully saturated rings. The molecule has 0 saturated carbocycles. The van der Waals surface area contributed by atoms with Crippen molar-refractivity contribution in [3.63, 3.8) is 0 Å². The van der Waals surface area contributed by atoms with Crippen molar-refractivity contribution in [2.24, 2.45) is 0 Å². The van der Waals surface area contributed by atoms with Gasteiger partial charge in [0.2, 0.25) is 0 Å². The van der Waals surface area contributed by atoms with Crippen molar-refractivity contribution in [1.82, 2.24) is 0 Å². The van der Waals surface area contributed by atoms with Crippen LogP contribution in [0.5, 0.6) is 17.2 Å². The van der Waals surface area contributed by atoms with E-state index < -0.39 is 56.0 Å². The highest BCUT2D eigenvalue weighted by atomic mass is 32.2. The van der Waals surface area contributed by atoms with Crippen LogP contribution in [0.25, 0.3) is 0 Å². The van der Waals surface area contributed by atoms with E-state index in [0.717, 1.165) is 18.2 Å². The zero-order chi connectivity index (χ0) is 27.0. The Kier molecular flexibility index (Phi) is 6.96. The summed E-state index contributed by atoms with van der Waals surface area (Å²) in [4.78, 5) is 0. The monoisotopic (exact) mass is 544 g/mol. The lowest BCUT2D eigenvalue weighted by Gasteiger charge is -2.34. The lowest BCUT2D eigenvalue weighted by Crippen LogP contribution is -2.50. The quantitative estimate of drug-likeness (QED) is 0.171. The first-order chi connectivity index (χ1) is 16.5. The minimum Gasteiger partial charge on any atom is -0.457 e. The van der Waals surface area contributed by atoms with Crippen LogP contribution in [0.2, 0.25) is 0 Å². The first-order valence-electron chi connectivity index (χ1n) is 9.58. The summed E-state index contributed by atoms with van der Waals surface area (Å²) in [5, 5.41) is 0. The second kappa shape index (κ2) is 9.22. The van der Waals surface area contributed by atoms with Gasteiger partial charge in [0.25, 0.3) is 0 Å². The Balaban J connectivity index is 1.95. The molecule has 194 valence electrons. The third kappa shape index (κ3) is 4.94. The highest BCUT2D eigenvalue weighted by Crippen LogP contribution is 2.57. The molecule has 0 amide bonds. The Labute approximate surface area is 198 Å². The number of halogens is 9. The zero-order valence-electron chi connectivity index (χ0n) is 17.4. The van der Waals surface area contributed by atoms with Crippen molar-refractivity contribution in [1.29, 1.82) is 0 Å². The normalized spacial score (nSPS) is 13.4. The Bertz CT molecular complexity index is 1310. The average molecular weight is 544 g/mol. The average Bonchev–Trinajstić information content (AvgIpc) is 2.79. The maximum Gasteiger partial charge on any atom is 0.534 e. The van der Waals surface area contributed by atoms with Crippen LogP contribution < -0.4 is 8.92 Å². The number of hydrogen-bond acceptors (Lipinski definition) is 4. The smallest absolute Gasteiger partial charge is 0.457 e. The minimum absolute atomic E-state index is 0.0393. The topological polar surface area (TPSA) is 52.6 Å². The molecule has 0 bridgehead atoms. The number of ether oxygens (including phenoxy) is 1.